The van der Waals surface area contributed by atoms with Crippen molar-refractivity contribution in [3.63, 3.8) is 0 Å². The Bertz CT molecular complexity index is 986. The molecular formula is C18H21N3O5S. The minimum absolute atomic E-state index is 0.0882. The van der Waals surface area contributed by atoms with Crippen LogP contribution in [0.1, 0.15) is 23.1 Å². The van der Waals surface area contributed by atoms with Crippen molar-refractivity contribution in [2.75, 3.05) is 11.9 Å². The minimum Gasteiger partial charge on any atom is -0.326 e. The van der Waals surface area contributed by atoms with Gasteiger partial charge >= 0.3 is 0 Å². The molecule has 0 radical (unpaired) electrons. The smallest absolute Gasteiger partial charge is 0.271 e. The number of aryl methyl sites for hydroxylation is 3. The summed E-state index contributed by atoms with van der Waals surface area (Å²) in [7, 11) is -3.71. The minimum atomic E-state index is -3.71. The first-order valence-electron chi connectivity index (χ1n) is 8.22. The average Bonchev–Trinajstić information content (AvgIpc) is 2.58. The molecule has 9 heteroatoms. The number of nitro groups is 1. The van der Waals surface area contributed by atoms with Crippen LogP contribution in [0.2, 0.25) is 0 Å². The molecule has 0 heterocycles. The van der Waals surface area contributed by atoms with Crippen LogP contribution < -0.4 is 10.0 Å². The molecule has 0 aliphatic rings. The molecule has 1 amide bonds. The SMILES string of the molecule is Cc1ccc(S(=O)(=O)NCCC(=O)Nc2cc([N+](=O)[O-])ccc2C)cc1C. The highest BCUT2D eigenvalue weighted by molar-refractivity contribution is 7.89. The van der Waals surface area contributed by atoms with E-state index in [9.17, 15) is 23.3 Å². The zero-order chi connectivity index (χ0) is 20.2. The molecule has 2 aromatic carbocycles. The van der Waals surface area contributed by atoms with Gasteiger partial charge in [-0.05, 0) is 49.6 Å². The quantitative estimate of drug-likeness (QED) is 0.556. The van der Waals surface area contributed by atoms with Gasteiger partial charge in [-0.1, -0.05) is 12.1 Å². The van der Waals surface area contributed by atoms with Crippen molar-refractivity contribution in [3.05, 3.63) is 63.2 Å². The van der Waals surface area contributed by atoms with Crippen LogP contribution in [0.25, 0.3) is 0 Å². The van der Waals surface area contributed by atoms with Crippen LogP contribution in [0, 0.1) is 30.9 Å². The highest BCUT2D eigenvalue weighted by atomic mass is 32.2. The monoisotopic (exact) mass is 391 g/mol. The number of carbonyl (C=O) groups excluding carboxylic acids is 1. The summed E-state index contributed by atoms with van der Waals surface area (Å²) >= 11 is 0. The van der Waals surface area contributed by atoms with Gasteiger partial charge in [0.25, 0.3) is 5.69 Å². The molecule has 144 valence electrons. The van der Waals surface area contributed by atoms with Crippen LogP contribution in [-0.4, -0.2) is 25.8 Å². The lowest BCUT2D eigenvalue weighted by Crippen LogP contribution is -2.28. The van der Waals surface area contributed by atoms with Crippen LogP contribution in [0.3, 0.4) is 0 Å². The van der Waals surface area contributed by atoms with E-state index in [1.54, 1.807) is 19.1 Å². The van der Waals surface area contributed by atoms with Gasteiger partial charge in [0, 0.05) is 25.1 Å². The summed E-state index contributed by atoms with van der Waals surface area (Å²) < 4.78 is 27.0. The average molecular weight is 391 g/mol. The highest BCUT2D eigenvalue weighted by Crippen LogP contribution is 2.22. The summed E-state index contributed by atoms with van der Waals surface area (Å²) in [6, 6.07) is 8.97. The number of hydrogen-bond acceptors (Lipinski definition) is 5. The number of benzene rings is 2. The van der Waals surface area contributed by atoms with Crippen molar-refractivity contribution >= 4 is 27.3 Å². The first-order chi connectivity index (χ1) is 12.6. The van der Waals surface area contributed by atoms with Crippen LogP contribution in [-0.2, 0) is 14.8 Å². The number of nitrogens with one attached hydrogen (secondary N) is 2. The Morgan fingerprint density at radius 2 is 1.70 bits per heavy atom. The van der Waals surface area contributed by atoms with Gasteiger partial charge in [-0.15, -0.1) is 0 Å². The summed E-state index contributed by atoms with van der Waals surface area (Å²) in [4.78, 5) is 22.5. The molecule has 2 aromatic rings. The number of rotatable bonds is 7. The Morgan fingerprint density at radius 3 is 2.33 bits per heavy atom. The van der Waals surface area contributed by atoms with Gasteiger partial charge in [-0.25, -0.2) is 13.1 Å². The molecule has 0 spiro atoms. The maximum Gasteiger partial charge on any atom is 0.271 e. The Labute approximate surface area is 157 Å². The summed E-state index contributed by atoms with van der Waals surface area (Å²) in [5.74, 6) is -0.443. The van der Waals surface area contributed by atoms with Crippen molar-refractivity contribution in [1.29, 1.82) is 0 Å². The third-order valence-corrected chi connectivity index (χ3v) is 5.60. The molecule has 2 N–H and O–H groups in total. The zero-order valence-corrected chi connectivity index (χ0v) is 16.1. The summed E-state index contributed by atoms with van der Waals surface area (Å²) in [6.45, 7) is 5.33. The fourth-order valence-electron chi connectivity index (χ4n) is 2.33. The molecule has 0 aromatic heterocycles. The van der Waals surface area contributed by atoms with Crippen molar-refractivity contribution in [1.82, 2.24) is 4.72 Å². The number of sulfonamides is 1. The Hall–Kier alpha value is -2.78. The van der Waals surface area contributed by atoms with Crippen LogP contribution >= 0.6 is 0 Å². The Morgan fingerprint density at radius 1 is 1.04 bits per heavy atom. The standard InChI is InChI=1S/C18H21N3O5S/c1-12-5-7-16(10-14(12)3)27(25,26)19-9-8-18(22)20-17-11-15(21(23)24)6-4-13(17)2/h4-7,10-11,19H,8-9H2,1-3H3,(H,20,22). The third kappa shape index (κ3) is 5.35. The predicted molar refractivity (Wildman–Crippen MR) is 102 cm³/mol. The van der Waals surface area contributed by atoms with E-state index in [-0.39, 0.29) is 23.5 Å². The second kappa shape index (κ2) is 8.28. The van der Waals surface area contributed by atoms with Crippen molar-refractivity contribution in [3.8, 4) is 0 Å². The number of nitro benzene ring substituents is 1. The third-order valence-electron chi connectivity index (χ3n) is 4.14. The highest BCUT2D eigenvalue weighted by Gasteiger charge is 2.16. The second-order valence-corrected chi connectivity index (χ2v) is 7.97. The summed E-state index contributed by atoms with van der Waals surface area (Å²) in [5, 5.41) is 13.4. The van der Waals surface area contributed by atoms with E-state index in [4.69, 9.17) is 0 Å². The Kier molecular flexibility index (Phi) is 6.29. The lowest BCUT2D eigenvalue weighted by atomic mass is 10.1. The van der Waals surface area contributed by atoms with Crippen LogP contribution in [0.15, 0.2) is 41.3 Å². The topological polar surface area (TPSA) is 118 Å². The lowest BCUT2D eigenvalue weighted by molar-refractivity contribution is -0.384. The van der Waals surface area contributed by atoms with E-state index >= 15 is 0 Å². The molecule has 0 unspecified atom stereocenters. The van der Waals surface area contributed by atoms with Gasteiger partial charge in [0.15, 0.2) is 0 Å². The number of anilines is 1. The van der Waals surface area contributed by atoms with Gasteiger partial charge in [0.05, 0.1) is 15.5 Å². The molecule has 0 atom stereocenters. The summed E-state index contributed by atoms with van der Waals surface area (Å²) in [5.41, 5.74) is 2.71. The lowest BCUT2D eigenvalue weighted by Gasteiger charge is -2.10. The molecule has 2 rings (SSSR count). The molecule has 0 saturated carbocycles. The van der Waals surface area contributed by atoms with E-state index in [0.29, 0.717) is 11.3 Å². The predicted octanol–water partition coefficient (Wildman–Crippen LogP) is 2.83. The first-order valence-corrected chi connectivity index (χ1v) is 9.70. The first kappa shape index (κ1) is 20.5. The largest absolute Gasteiger partial charge is 0.326 e. The van der Waals surface area contributed by atoms with E-state index in [1.165, 1.54) is 24.3 Å². The maximum atomic E-state index is 12.3. The van der Waals surface area contributed by atoms with Gasteiger partial charge in [-0.3, -0.25) is 14.9 Å². The number of amides is 1. The van der Waals surface area contributed by atoms with E-state index in [2.05, 4.69) is 10.0 Å². The van der Waals surface area contributed by atoms with Crippen molar-refractivity contribution < 1.29 is 18.1 Å². The molecule has 0 bridgehead atoms. The molecule has 27 heavy (non-hydrogen) atoms. The maximum absolute atomic E-state index is 12.3. The molecule has 8 nitrogen and oxygen atoms in total. The van der Waals surface area contributed by atoms with Gasteiger partial charge in [0.1, 0.15) is 0 Å². The normalized spacial score (nSPS) is 11.2. The molecule has 0 saturated heterocycles. The van der Waals surface area contributed by atoms with Gasteiger partial charge < -0.3 is 5.32 Å². The number of nitrogens with zero attached hydrogens (tertiary/aromatic N) is 1. The van der Waals surface area contributed by atoms with Crippen LogP contribution in [0.4, 0.5) is 11.4 Å². The van der Waals surface area contributed by atoms with E-state index < -0.39 is 20.9 Å². The summed E-state index contributed by atoms with van der Waals surface area (Å²) in [6.07, 6.45) is -0.105. The fourth-order valence-corrected chi connectivity index (χ4v) is 3.45. The number of hydrogen-bond donors (Lipinski definition) is 2. The molecule has 0 aliphatic heterocycles. The molecule has 0 aliphatic carbocycles. The zero-order valence-electron chi connectivity index (χ0n) is 15.3. The van der Waals surface area contributed by atoms with Gasteiger partial charge in [0.2, 0.25) is 15.9 Å². The van der Waals surface area contributed by atoms with Gasteiger partial charge in [-0.2, -0.15) is 0 Å². The van der Waals surface area contributed by atoms with E-state index in [0.717, 1.165) is 11.1 Å². The van der Waals surface area contributed by atoms with Crippen molar-refractivity contribution in [2.45, 2.75) is 32.1 Å². The van der Waals surface area contributed by atoms with E-state index in [1.807, 2.05) is 13.8 Å². The van der Waals surface area contributed by atoms with Crippen LogP contribution in [0.5, 0.6) is 0 Å². The number of non-ortho nitro benzene ring substituents is 1. The molecule has 0 fully saturated rings. The second-order valence-electron chi connectivity index (χ2n) is 6.20. The number of carbonyl (C=O) groups is 1. The van der Waals surface area contributed by atoms with Crippen molar-refractivity contribution in [2.24, 2.45) is 0 Å². The Balaban J connectivity index is 1.97. The fraction of sp³-hybridized carbons (Fsp3) is 0.278. The molecular weight excluding hydrogens is 370 g/mol.